The van der Waals surface area contributed by atoms with Crippen LogP contribution in [0.1, 0.15) is 39.0 Å². The molecule has 25 heavy (non-hydrogen) atoms. The SMILES string of the molecule is CCC1(O)CCC(Nc2nc(-c3ccccn3)nc3sccc23)CC1. The van der Waals surface area contributed by atoms with Gasteiger partial charge in [0.1, 0.15) is 16.3 Å². The maximum atomic E-state index is 10.4. The number of aromatic nitrogens is 3. The van der Waals surface area contributed by atoms with Crippen molar-refractivity contribution in [3.63, 3.8) is 0 Å². The van der Waals surface area contributed by atoms with Gasteiger partial charge >= 0.3 is 0 Å². The van der Waals surface area contributed by atoms with Gasteiger partial charge in [-0.25, -0.2) is 9.97 Å². The maximum Gasteiger partial charge on any atom is 0.181 e. The van der Waals surface area contributed by atoms with Crippen LogP contribution in [0.3, 0.4) is 0 Å². The lowest BCUT2D eigenvalue weighted by Gasteiger charge is -2.35. The molecule has 130 valence electrons. The number of thiophene rings is 1. The van der Waals surface area contributed by atoms with E-state index in [1.165, 1.54) is 0 Å². The van der Waals surface area contributed by atoms with Crippen LogP contribution < -0.4 is 5.32 Å². The largest absolute Gasteiger partial charge is 0.390 e. The van der Waals surface area contributed by atoms with Crippen molar-refractivity contribution in [3.05, 3.63) is 35.8 Å². The van der Waals surface area contributed by atoms with Crippen LogP contribution >= 0.6 is 11.3 Å². The Morgan fingerprint density at radius 1 is 1.24 bits per heavy atom. The van der Waals surface area contributed by atoms with Crippen LogP contribution in [0.25, 0.3) is 21.7 Å². The van der Waals surface area contributed by atoms with E-state index < -0.39 is 5.60 Å². The van der Waals surface area contributed by atoms with Crippen LogP contribution in [-0.4, -0.2) is 31.7 Å². The summed E-state index contributed by atoms with van der Waals surface area (Å²) in [4.78, 5) is 14.8. The smallest absolute Gasteiger partial charge is 0.181 e. The fourth-order valence-electron chi connectivity index (χ4n) is 3.42. The van der Waals surface area contributed by atoms with Gasteiger partial charge in [-0.15, -0.1) is 11.3 Å². The summed E-state index contributed by atoms with van der Waals surface area (Å²) in [6.45, 7) is 2.06. The molecule has 3 aromatic heterocycles. The molecule has 3 heterocycles. The second-order valence-corrected chi connectivity index (χ2v) is 7.64. The number of pyridine rings is 1. The molecule has 0 spiro atoms. The third-order valence-corrected chi connectivity index (χ3v) is 5.94. The van der Waals surface area contributed by atoms with Crippen molar-refractivity contribution in [1.82, 2.24) is 15.0 Å². The predicted molar refractivity (Wildman–Crippen MR) is 102 cm³/mol. The zero-order valence-electron chi connectivity index (χ0n) is 14.3. The van der Waals surface area contributed by atoms with Crippen molar-refractivity contribution in [3.8, 4) is 11.5 Å². The number of fused-ring (bicyclic) bond motifs is 1. The van der Waals surface area contributed by atoms with Crippen LogP contribution in [-0.2, 0) is 0 Å². The molecule has 1 aliphatic rings. The van der Waals surface area contributed by atoms with Gasteiger partial charge in [0.25, 0.3) is 0 Å². The van der Waals surface area contributed by atoms with Crippen molar-refractivity contribution in [2.75, 3.05) is 5.32 Å². The number of anilines is 1. The van der Waals surface area contributed by atoms with Gasteiger partial charge in [-0.2, -0.15) is 0 Å². The lowest BCUT2D eigenvalue weighted by molar-refractivity contribution is -0.00194. The van der Waals surface area contributed by atoms with Crippen molar-refractivity contribution in [2.24, 2.45) is 0 Å². The fourth-order valence-corrected chi connectivity index (χ4v) is 4.19. The molecule has 4 rings (SSSR count). The first-order valence-corrected chi connectivity index (χ1v) is 9.70. The Morgan fingerprint density at radius 3 is 2.80 bits per heavy atom. The summed E-state index contributed by atoms with van der Waals surface area (Å²) in [6, 6.07) is 8.17. The van der Waals surface area contributed by atoms with Crippen LogP contribution in [0.15, 0.2) is 35.8 Å². The summed E-state index contributed by atoms with van der Waals surface area (Å²) < 4.78 is 0. The topological polar surface area (TPSA) is 70.9 Å². The van der Waals surface area contributed by atoms with E-state index in [-0.39, 0.29) is 0 Å². The predicted octanol–water partition coefficient (Wildman–Crippen LogP) is 4.25. The van der Waals surface area contributed by atoms with Gasteiger partial charge in [-0.1, -0.05) is 13.0 Å². The van der Waals surface area contributed by atoms with Crippen molar-refractivity contribution < 1.29 is 5.11 Å². The lowest BCUT2D eigenvalue weighted by atomic mass is 9.80. The van der Waals surface area contributed by atoms with Gasteiger partial charge in [0.2, 0.25) is 0 Å². The molecule has 6 heteroatoms. The van der Waals surface area contributed by atoms with Gasteiger partial charge in [-0.3, -0.25) is 4.98 Å². The zero-order chi connectivity index (χ0) is 17.3. The lowest BCUT2D eigenvalue weighted by Crippen LogP contribution is -2.37. The first-order valence-electron chi connectivity index (χ1n) is 8.82. The summed E-state index contributed by atoms with van der Waals surface area (Å²) in [5, 5.41) is 17.1. The first-order chi connectivity index (χ1) is 12.2. The summed E-state index contributed by atoms with van der Waals surface area (Å²) in [5.74, 6) is 1.53. The Bertz CT molecular complexity index is 856. The number of aliphatic hydroxyl groups is 1. The standard InChI is InChI=1S/C19H22N4OS/c1-2-19(24)9-6-13(7-10-19)21-16-14-8-12-25-18(14)23-17(22-16)15-5-3-4-11-20-15/h3-5,8,11-13,24H,2,6-7,9-10H2,1H3,(H,21,22,23). The maximum absolute atomic E-state index is 10.4. The van der Waals surface area contributed by atoms with Gasteiger partial charge in [0, 0.05) is 12.2 Å². The summed E-state index contributed by atoms with van der Waals surface area (Å²) in [5.41, 5.74) is 0.297. The number of nitrogens with one attached hydrogen (secondary N) is 1. The number of hydrogen-bond donors (Lipinski definition) is 2. The third kappa shape index (κ3) is 3.37. The molecule has 1 fully saturated rings. The normalized spacial score (nSPS) is 23.7. The molecular formula is C19H22N4OS. The Kier molecular flexibility index (Phi) is 4.39. The number of rotatable bonds is 4. The molecule has 0 aliphatic heterocycles. The second-order valence-electron chi connectivity index (χ2n) is 6.75. The molecular weight excluding hydrogens is 332 g/mol. The number of hydrogen-bond acceptors (Lipinski definition) is 6. The average Bonchev–Trinajstić information content (AvgIpc) is 3.13. The molecule has 1 saturated carbocycles. The molecule has 0 atom stereocenters. The van der Waals surface area contributed by atoms with Crippen LogP contribution in [0.4, 0.5) is 5.82 Å². The van der Waals surface area contributed by atoms with Crippen molar-refractivity contribution in [2.45, 2.75) is 50.7 Å². The van der Waals surface area contributed by atoms with Crippen LogP contribution in [0, 0.1) is 0 Å². The monoisotopic (exact) mass is 354 g/mol. The number of nitrogens with zero attached hydrogens (tertiary/aromatic N) is 3. The Balaban J connectivity index is 1.62. The third-order valence-electron chi connectivity index (χ3n) is 5.13. The first kappa shape index (κ1) is 16.4. The molecule has 5 nitrogen and oxygen atoms in total. The summed E-state index contributed by atoms with van der Waals surface area (Å²) in [7, 11) is 0. The van der Waals surface area contributed by atoms with E-state index in [1.54, 1.807) is 17.5 Å². The zero-order valence-corrected chi connectivity index (χ0v) is 15.1. The van der Waals surface area contributed by atoms with Gasteiger partial charge in [-0.05, 0) is 55.7 Å². The molecule has 0 saturated heterocycles. The van der Waals surface area contributed by atoms with Gasteiger partial charge in [0.05, 0.1) is 11.0 Å². The van der Waals surface area contributed by atoms with Gasteiger partial charge in [0.15, 0.2) is 5.82 Å². The molecule has 0 aromatic carbocycles. The molecule has 3 aromatic rings. The molecule has 1 aliphatic carbocycles. The highest BCUT2D eigenvalue weighted by atomic mass is 32.1. The van der Waals surface area contributed by atoms with Crippen LogP contribution in [0.5, 0.6) is 0 Å². The second kappa shape index (κ2) is 6.69. The van der Waals surface area contributed by atoms with Crippen molar-refractivity contribution in [1.29, 1.82) is 0 Å². The van der Waals surface area contributed by atoms with E-state index in [0.29, 0.717) is 11.9 Å². The van der Waals surface area contributed by atoms with E-state index in [2.05, 4.69) is 28.3 Å². The van der Waals surface area contributed by atoms with E-state index in [4.69, 9.17) is 4.98 Å². The minimum Gasteiger partial charge on any atom is -0.390 e. The van der Waals surface area contributed by atoms with E-state index in [1.807, 2.05) is 23.6 Å². The fraction of sp³-hybridized carbons (Fsp3) is 0.421. The van der Waals surface area contributed by atoms with E-state index in [0.717, 1.165) is 53.8 Å². The quantitative estimate of drug-likeness (QED) is 0.733. The Morgan fingerprint density at radius 2 is 2.08 bits per heavy atom. The molecule has 0 unspecified atom stereocenters. The molecule has 0 bridgehead atoms. The molecule has 0 radical (unpaired) electrons. The summed E-state index contributed by atoms with van der Waals surface area (Å²) >= 11 is 1.62. The highest BCUT2D eigenvalue weighted by Crippen LogP contribution is 2.34. The highest BCUT2D eigenvalue weighted by molar-refractivity contribution is 7.16. The Labute approximate surface area is 151 Å². The average molecular weight is 354 g/mol. The van der Waals surface area contributed by atoms with Crippen molar-refractivity contribution >= 4 is 27.4 Å². The highest BCUT2D eigenvalue weighted by Gasteiger charge is 2.31. The molecule has 0 amide bonds. The summed E-state index contributed by atoms with van der Waals surface area (Å²) in [6.07, 6.45) is 6.18. The minimum absolute atomic E-state index is 0.335. The Hall–Kier alpha value is -2.05. The van der Waals surface area contributed by atoms with E-state index in [9.17, 15) is 5.11 Å². The minimum atomic E-state index is -0.485. The molecule has 2 N–H and O–H groups in total. The van der Waals surface area contributed by atoms with Crippen LogP contribution in [0.2, 0.25) is 0 Å². The van der Waals surface area contributed by atoms with Gasteiger partial charge < -0.3 is 10.4 Å². The van der Waals surface area contributed by atoms with E-state index >= 15 is 0 Å².